The summed E-state index contributed by atoms with van der Waals surface area (Å²) in [4.78, 5) is 29.2. The van der Waals surface area contributed by atoms with Crippen LogP contribution in [0.4, 0.5) is 0 Å². The van der Waals surface area contributed by atoms with Crippen LogP contribution in [0.15, 0.2) is 30.3 Å². The van der Waals surface area contributed by atoms with Gasteiger partial charge in [0.2, 0.25) is 11.8 Å². The quantitative estimate of drug-likeness (QED) is 0.711. The average molecular weight is 386 g/mol. The molecule has 1 aliphatic carbocycles. The first-order valence-corrected chi connectivity index (χ1v) is 10.9. The number of rotatable bonds is 9. The first-order valence-electron chi connectivity index (χ1n) is 10.9. The van der Waals surface area contributed by atoms with Gasteiger partial charge in [-0.05, 0) is 30.7 Å². The molecule has 0 bridgehead atoms. The second-order valence-electron chi connectivity index (χ2n) is 8.39. The van der Waals surface area contributed by atoms with Crippen LogP contribution in [0.1, 0.15) is 50.5 Å². The van der Waals surface area contributed by atoms with Gasteiger partial charge in [0.1, 0.15) is 0 Å². The minimum absolute atomic E-state index is 0.00739. The first-order chi connectivity index (χ1) is 13.6. The van der Waals surface area contributed by atoms with E-state index in [1.54, 1.807) is 0 Å². The number of hydrogen-bond acceptors (Lipinski definition) is 3. The Morgan fingerprint density at radius 3 is 2.71 bits per heavy atom. The second-order valence-corrected chi connectivity index (χ2v) is 8.39. The van der Waals surface area contributed by atoms with Gasteiger partial charge in [-0.1, -0.05) is 56.0 Å². The van der Waals surface area contributed by atoms with Crippen molar-refractivity contribution in [3.05, 3.63) is 35.9 Å². The molecule has 1 aliphatic heterocycles. The molecule has 1 unspecified atom stereocenters. The minimum Gasteiger partial charge on any atom is -0.353 e. The van der Waals surface area contributed by atoms with Crippen LogP contribution in [-0.4, -0.2) is 60.9 Å². The third kappa shape index (κ3) is 6.06. The maximum atomic E-state index is 12.7. The highest BCUT2D eigenvalue weighted by molar-refractivity contribution is 5.88. The van der Waals surface area contributed by atoms with Gasteiger partial charge in [-0.2, -0.15) is 0 Å². The van der Waals surface area contributed by atoms with Gasteiger partial charge in [-0.3, -0.25) is 14.5 Å². The molecular formula is C23H35N3O2. The number of amides is 2. The van der Waals surface area contributed by atoms with Crippen LogP contribution in [0.5, 0.6) is 0 Å². The van der Waals surface area contributed by atoms with Gasteiger partial charge < -0.3 is 10.2 Å². The fraction of sp³-hybridized carbons (Fsp3) is 0.652. The Kier molecular flexibility index (Phi) is 7.90. The molecule has 5 nitrogen and oxygen atoms in total. The summed E-state index contributed by atoms with van der Waals surface area (Å²) in [6.45, 7) is 3.08. The molecule has 5 heteroatoms. The molecule has 1 atom stereocenters. The summed E-state index contributed by atoms with van der Waals surface area (Å²) < 4.78 is 0. The van der Waals surface area contributed by atoms with Crippen LogP contribution in [0.3, 0.4) is 0 Å². The zero-order chi connectivity index (χ0) is 19.8. The van der Waals surface area contributed by atoms with Crippen molar-refractivity contribution < 1.29 is 9.59 Å². The molecule has 0 spiro atoms. The van der Waals surface area contributed by atoms with Gasteiger partial charge in [0.05, 0.1) is 12.5 Å². The lowest BCUT2D eigenvalue weighted by molar-refractivity contribution is -0.138. The highest BCUT2D eigenvalue weighted by Crippen LogP contribution is 2.28. The van der Waals surface area contributed by atoms with Crippen LogP contribution in [0, 0.1) is 5.92 Å². The predicted octanol–water partition coefficient (Wildman–Crippen LogP) is 2.85. The Balaban J connectivity index is 1.46. The lowest BCUT2D eigenvalue weighted by atomic mass is 10.0. The zero-order valence-electron chi connectivity index (χ0n) is 17.2. The van der Waals surface area contributed by atoms with E-state index in [9.17, 15) is 9.59 Å². The maximum absolute atomic E-state index is 12.7. The van der Waals surface area contributed by atoms with Crippen molar-refractivity contribution >= 4 is 11.8 Å². The molecule has 2 fully saturated rings. The van der Waals surface area contributed by atoms with Gasteiger partial charge in [0.25, 0.3) is 0 Å². The summed E-state index contributed by atoms with van der Waals surface area (Å²) in [5.74, 6) is 0.936. The van der Waals surface area contributed by atoms with Crippen LogP contribution in [-0.2, 0) is 16.0 Å². The molecule has 154 valence electrons. The number of nitrogens with zero attached hydrogens (tertiary/aromatic N) is 2. The van der Waals surface area contributed by atoms with Gasteiger partial charge >= 0.3 is 0 Å². The summed E-state index contributed by atoms with van der Waals surface area (Å²) >= 11 is 0. The number of carbonyl (C=O) groups is 2. The third-order valence-electron chi connectivity index (χ3n) is 6.35. The second kappa shape index (κ2) is 10.6. The van der Waals surface area contributed by atoms with E-state index in [-0.39, 0.29) is 24.3 Å². The van der Waals surface area contributed by atoms with E-state index >= 15 is 0 Å². The molecule has 2 amide bonds. The van der Waals surface area contributed by atoms with Gasteiger partial charge in [-0.25, -0.2) is 0 Å². The van der Waals surface area contributed by atoms with Crippen LogP contribution < -0.4 is 5.32 Å². The topological polar surface area (TPSA) is 52.7 Å². The van der Waals surface area contributed by atoms with Crippen molar-refractivity contribution in [2.75, 3.05) is 33.2 Å². The fourth-order valence-corrected chi connectivity index (χ4v) is 4.53. The Labute approximate surface area is 169 Å². The van der Waals surface area contributed by atoms with Crippen molar-refractivity contribution in [3.63, 3.8) is 0 Å². The number of carbonyl (C=O) groups excluding carboxylic acids is 2. The molecule has 28 heavy (non-hydrogen) atoms. The van der Waals surface area contributed by atoms with Crippen molar-refractivity contribution in [1.29, 1.82) is 0 Å². The van der Waals surface area contributed by atoms with Crippen molar-refractivity contribution in [2.24, 2.45) is 5.92 Å². The Bertz CT molecular complexity index is 628. The number of benzene rings is 1. The van der Waals surface area contributed by atoms with Crippen molar-refractivity contribution in [3.8, 4) is 0 Å². The Morgan fingerprint density at radius 2 is 1.96 bits per heavy atom. The largest absolute Gasteiger partial charge is 0.353 e. The van der Waals surface area contributed by atoms with Crippen molar-refractivity contribution in [2.45, 2.75) is 57.4 Å². The summed E-state index contributed by atoms with van der Waals surface area (Å²) in [5, 5.41) is 2.93. The molecule has 1 saturated heterocycles. The lowest BCUT2D eigenvalue weighted by Gasteiger charge is -2.35. The van der Waals surface area contributed by atoms with E-state index in [0.717, 1.165) is 38.4 Å². The van der Waals surface area contributed by atoms with E-state index < -0.39 is 0 Å². The fourth-order valence-electron chi connectivity index (χ4n) is 4.53. The Morgan fingerprint density at radius 1 is 1.21 bits per heavy atom. The monoisotopic (exact) mass is 385 g/mol. The summed E-state index contributed by atoms with van der Waals surface area (Å²) in [5.41, 5.74) is 1.27. The van der Waals surface area contributed by atoms with Crippen LogP contribution >= 0.6 is 0 Å². The molecule has 1 N–H and O–H groups in total. The van der Waals surface area contributed by atoms with Crippen LogP contribution in [0.25, 0.3) is 0 Å². The zero-order valence-corrected chi connectivity index (χ0v) is 17.2. The first kappa shape index (κ1) is 20.8. The maximum Gasteiger partial charge on any atom is 0.237 e. The minimum atomic E-state index is -0.345. The lowest BCUT2D eigenvalue weighted by Crippen LogP contribution is -2.57. The summed E-state index contributed by atoms with van der Waals surface area (Å²) in [6, 6.07) is 9.98. The van der Waals surface area contributed by atoms with Gasteiger partial charge in [0, 0.05) is 33.2 Å². The van der Waals surface area contributed by atoms with E-state index in [4.69, 9.17) is 0 Å². The van der Waals surface area contributed by atoms with E-state index in [2.05, 4.69) is 22.3 Å². The highest BCUT2D eigenvalue weighted by Gasteiger charge is 2.32. The molecule has 0 radical (unpaired) electrons. The van der Waals surface area contributed by atoms with Gasteiger partial charge in [-0.15, -0.1) is 0 Å². The molecule has 1 aromatic carbocycles. The van der Waals surface area contributed by atoms with Crippen LogP contribution in [0.2, 0.25) is 0 Å². The standard InChI is InChI=1S/C23H35N3O2/c1-25(15-7-12-19-10-5-6-11-19)22(27)18-21-23(28)24-14-17-26(21)16-13-20-8-3-2-4-9-20/h2-4,8-9,19,21H,5-7,10-18H2,1H3,(H,24,28). The van der Waals surface area contributed by atoms with E-state index in [1.165, 1.54) is 37.7 Å². The van der Waals surface area contributed by atoms with Gasteiger partial charge in [0.15, 0.2) is 0 Å². The van der Waals surface area contributed by atoms with Crippen molar-refractivity contribution in [1.82, 2.24) is 15.1 Å². The molecule has 0 aromatic heterocycles. The molecule has 1 aromatic rings. The normalized spacial score (nSPS) is 20.9. The average Bonchev–Trinajstić information content (AvgIpc) is 3.22. The van der Waals surface area contributed by atoms with E-state index in [0.29, 0.717) is 6.54 Å². The summed E-state index contributed by atoms with van der Waals surface area (Å²) in [6.07, 6.45) is 8.93. The molecule has 1 heterocycles. The summed E-state index contributed by atoms with van der Waals surface area (Å²) in [7, 11) is 1.88. The SMILES string of the molecule is CN(CCCC1CCCC1)C(=O)CC1C(=O)NCCN1CCc1ccccc1. The molecular weight excluding hydrogens is 350 g/mol. The predicted molar refractivity (Wildman–Crippen MR) is 112 cm³/mol. The highest BCUT2D eigenvalue weighted by atomic mass is 16.2. The third-order valence-corrected chi connectivity index (χ3v) is 6.35. The molecule has 2 aliphatic rings. The number of piperazine rings is 1. The smallest absolute Gasteiger partial charge is 0.237 e. The Hall–Kier alpha value is -1.88. The molecule has 1 saturated carbocycles. The van der Waals surface area contributed by atoms with E-state index in [1.807, 2.05) is 30.1 Å². The molecule has 3 rings (SSSR count). The number of hydrogen-bond donors (Lipinski definition) is 1. The number of nitrogens with one attached hydrogen (secondary N) is 1.